The van der Waals surface area contributed by atoms with Crippen molar-refractivity contribution < 1.29 is 67.4 Å². The molecule has 0 radical (unpaired) electrons. The summed E-state index contributed by atoms with van der Waals surface area (Å²) in [7, 11) is 13.7. The fraction of sp³-hybridized carbons (Fsp3) is 0.808. The molecular weight excluding hydrogens is 1240 g/mol. The van der Waals surface area contributed by atoms with E-state index in [9.17, 15) is 29.1 Å². The van der Waals surface area contributed by atoms with Crippen LogP contribution in [0.3, 0.4) is 0 Å². The molecular formula is C73H128N10O14. The number of hydrogen-bond acceptors (Lipinski definition) is 15. The summed E-state index contributed by atoms with van der Waals surface area (Å²) in [6, 6.07) is -10.3. The van der Waals surface area contributed by atoms with Gasteiger partial charge in [0.25, 0.3) is 0 Å². The van der Waals surface area contributed by atoms with Crippen molar-refractivity contribution in [3.05, 3.63) is 12.2 Å². The lowest BCUT2D eigenvalue weighted by Crippen LogP contribution is -2.63. The Bertz CT molecular complexity index is 2710. The Hall–Kier alpha value is -6.30. The minimum absolute atomic E-state index is 0.0219. The number of likely N-dealkylation sites (N-methyl/N-ethyl adjacent to an activating group) is 7. The Morgan fingerprint density at radius 1 is 0.546 bits per heavy atom. The second-order valence-corrected chi connectivity index (χ2v) is 30.4. The maximum absolute atomic E-state index is 15.3. The number of ketones is 3. The number of allylic oxidation sites excluding steroid dienone is 2. The molecule has 2 aliphatic heterocycles. The van der Waals surface area contributed by atoms with Gasteiger partial charge in [0.05, 0.1) is 24.8 Å². The smallest absolute Gasteiger partial charge is 0.409 e. The lowest BCUT2D eigenvalue weighted by molar-refractivity contribution is -0.157. The lowest BCUT2D eigenvalue weighted by atomic mass is 9.83. The molecule has 2 fully saturated rings. The second-order valence-electron chi connectivity index (χ2n) is 30.4. The minimum Gasteiger partial charge on any atom is -0.449 e. The number of carbonyl (C=O) groups is 12. The molecule has 0 spiro atoms. The van der Waals surface area contributed by atoms with E-state index in [0.29, 0.717) is 6.42 Å². The van der Waals surface area contributed by atoms with Gasteiger partial charge in [-0.25, -0.2) is 4.79 Å². The zero-order valence-corrected chi connectivity index (χ0v) is 64.2. The molecule has 2 heterocycles. The Labute approximate surface area is 582 Å². The molecule has 9 amide bonds. The van der Waals surface area contributed by atoms with Crippen molar-refractivity contribution in [3.8, 4) is 0 Å². The lowest BCUT2D eigenvalue weighted by Gasteiger charge is -2.41. The van der Waals surface area contributed by atoms with E-state index in [1.54, 1.807) is 88.4 Å². The molecule has 0 aromatic carbocycles. The predicted octanol–water partition coefficient (Wildman–Crippen LogP) is 6.68. The zero-order valence-electron chi connectivity index (χ0n) is 64.2. The fourth-order valence-corrected chi connectivity index (χ4v) is 13.5. The first-order valence-electron chi connectivity index (χ1n) is 35.6. The number of likely N-dealkylation sites (tertiary alicyclic amines) is 1. The number of hydrogen-bond donors (Lipinski definition) is 2. The van der Waals surface area contributed by atoms with E-state index in [1.165, 1.54) is 85.7 Å². The van der Waals surface area contributed by atoms with Crippen LogP contribution in [0.5, 0.6) is 0 Å². The molecule has 0 saturated carbocycles. The quantitative estimate of drug-likeness (QED) is 0.144. The Morgan fingerprint density at radius 2 is 1.01 bits per heavy atom. The van der Waals surface area contributed by atoms with Crippen LogP contribution in [0.15, 0.2) is 12.2 Å². The highest BCUT2D eigenvalue weighted by Gasteiger charge is 2.47. The number of aliphatic hydroxyl groups is 1. The van der Waals surface area contributed by atoms with Crippen LogP contribution in [0, 0.1) is 59.2 Å². The predicted molar refractivity (Wildman–Crippen MR) is 376 cm³/mol. The van der Waals surface area contributed by atoms with E-state index in [1.807, 2.05) is 48.6 Å². The van der Waals surface area contributed by atoms with Crippen LogP contribution in [-0.2, 0) is 57.5 Å². The average molecular weight is 1370 g/mol. The van der Waals surface area contributed by atoms with Gasteiger partial charge in [0.1, 0.15) is 42.0 Å². The largest absolute Gasteiger partial charge is 0.449 e. The number of piperidine rings is 1. The van der Waals surface area contributed by atoms with Crippen molar-refractivity contribution in [2.45, 2.75) is 242 Å². The van der Waals surface area contributed by atoms with Crippen molar-refractivity contribution in [2.75, 3.05) is 83.1 Å². The molecule has 554 valence electrons. The number of nitrogens with zero attached hydrogens (tertiary/aromatic N) is 9. The van der Waals surface area contributed by atoms with Gasteiger partial charge in [-0.1, -0.05) is 116 Å². The van der Waals surface area contributed by atoms with Crippen LogP contribution < -0.4 is 5.32 Å². The van der Waals surface area contributed by atoms with Crippen LogP contribution >= 0.6 is 0 Å². The van der Waals surface area contributed by atoms with Gasteiger partial charge in [0, 0.05) is 105 Å². The average Bonchev–Trinajstić information content (AvgIpc) is 0.807. The van der Waals surface area contributed by atoms with Gasteiger partial charge in [-0.05, 0) is 114 Å². The molecule has 24 nitrogen and oxygen atoms in total. The monoisotopic (exact) mass is 1370 g/mol. The summed E-state index contributed by atoms with van der Waals surface area (Å²) in [6.45, 7) is 31.0. The summed E-state index contributed by atoms with van der Waals surface area (Å²) in [5.41, 5.74) is 0. The van der Waals surface area contributed by atoms with Crippen LogP contribution in [-0.4, -0.2) is 264 Å². The van der Waals surface area contributed by atoms with E-state index in [4.69, 9.17) is 4.74 Å². The topological polar surface area (TPSA) is 275 Å². The molecule has 0 aromatic rings. The Morgan fingerprint density at radius 3 is 1.49 bits per heavy atom. The fourth-order valence-electron chi connectivity index (χ4n) is 13.5. The van der Waals surface area contributed by atoms with Crippen LogP contribution in [0.2, 0.25) is 0 Å². The van der Waals surface area contributed by atoms with E-state index in [-0.39, 0.29) is 74.7 Å². The second kappa shape index (κ2) is 39.5. The molecule has 2 N–H and O–H groups in total. The molecule has 0 unspecified atom stereocenters. The molecule has 24 heteroatoms. The maximum atomic E-state index is 15.3. The zero-order chi connectivity index (χ0) is 74.7. The number of nitrogens with one attached hydrogen (secondary N) is 1. The maximum Gasteiger partial charge on any atom is 0.409 e. The van der Waals surface area contributed by atoms with E-state index in [2.05, 4.69) is 10.2 Å². The molecule has 2 aliphatic rings. The van der Waals surface area contributed by atoms with E-state index in [0.717, 1.165) is 35.7 Å². The highest BCUT2D eigenvalue weighted by Crippen LogP contribution is 2.30. The number of rotatable bonds is 17. The summed E-state index contributed by atoms with van der Waals surface area (Å²) in [5.74, 6) is -12.5. The van der Waals surface area contributed by atoms with Crippen molar-refractivity contribution in [1.82, 2.24) is 49.4 Å². The molecule has 0 aliphatic carbocycles. The molecule has 0 bridgehead atoms. The highest BCUT2D eigenvalue weighted by molar-refractivity contribution is 6.00. The first-order valence-corrected chi connectivity index (χ1v) is 35.6. The van der Waals surface area contributed by atoms with Gasteiger partial charge in [0.2, 0.25) is 47.3 Å². The SMILES string of the molecule is C/C=C/C[C@@H](C)[C@@H](O)[C@H]1C(=O)N[C@@H](CC)C(=O)N(C)[C@H](C)C(=O)N(C)[C@@H]([C@H](C)COC(=O)N(C)C2CCN(C)CC2)C(=O)C[C@@H](C(C)C)C(=O)N(C)[C@@H](CC(C)C)C(=O)C[C@@H](C)C(=O)C[C@H](C)C(=O)N(C)[C@@H](CC(C)C)C(=O)N(C)[C@@H](CC(C)C)C(=O)N(C)[C@@H](C(C)C)C(=O)N1C. The third-order valence-electron chi connectivity index (χ3n) is 20.3. The number of aliphatic hydroxyl groups excluding tert-OH is 1. The van der Waals surface area contributed by atoms with Gasteiger partial charge in [-0.2, -0.15) is 0 Å². The summed E-state index contributed by atoms with van der Waals surface area (Å²) in [4.78, 5) is 191. The van der Waals surface area contributed by atoms with Gasteiger partial charge in [0.15, 0.2) is 11.6 Å². The highest BCUT2D eigenvalue weighted by atomic mass is 16.6. The Balaban J connectivity index is 3.05. The van der Waals surface area contributed by atoms with Crippen LogP contribution in [0.1, 0.15) is 182 Å². The third kappa shape index (κ3) is 23.7. The molecule has 2 saturated heterocycles. The number of ether oxygens (including phenoxy) is 1. The van der Waals surface area contributed by atoms with Crippen molar-refractivity contribution in [2.24, 2.45) is 59.2 Å². The van der Waals surface area contributed by atoms with Gasteiger partial charge in [-0.15, -0.1) is 0 Å². The number of amides is 9. The van der Waals surface area contributed by atoms with Crippen molar-refractivity contribution in [3.63, 3.8) is 0 Å². The molecule has 14 atom stereocenters. The standard InChI is InChI=1S/C73H128N10O14/c1-27-29-30-47(13)64(87)63-65(88)74-54(28-2)69(92)76(19)51(17)67(90)82(25)62(50(16)41-97-73(96)77(20)52-31-33-75(18)34-32-52)60(86)40-53(45(9)10)68(91)78(21)55(35-42(3)4)59(85)38-48(14)58(84)39-49(15)66(89)79(22)56(36-43(5)6)70(93)80(23)57(37-44(7)8)71(94)81(24)61(46(11)12)72(95)83(63)26/h27,29,42-57,61-64,87H,28,30-41H2,1-26H3,(H,74,88)/b29-27+/t47-,48-,49+,50-,51-,53+,54+,55+,56+,57+,61+,62+,63+,64-/m1/s1. The first-order chi connectivity index (χ1) is 44.9. The normalized spacial score (nSPS) is 27.6. The van der Waals surface area contributed by atoms with Crippen molar-refractivity contribution >= 4 is 70.7 Å². The third-order valence-corrected chi connectivity index (χ3v) is 20.3. The van der Waals surface area contributed by atoms with Crippen LogP contribution in [0.4, 0.5) is 4.79 Å². The summed E-state index contributed by atoms with van der Waals surface area (Å²) < 4.78 is 5.91. The Kier molecular flexibility index (Phi) is 35.3. The number of carbonyl (C=O) groups excluding carboxylic acids is 12. The van der Waals surface area contributed by atoms with Gasteiger partial charge < -0.3 is 59.3 Å². The van der Waals surface area contributed by atoms with Crippen molar-refractivity contribution in [1.29, 1.82) is 0 Å². The summed E-state index contributed by atoms with van der Waals surface area (Å²) in [6.07, 6.45) is 2.72. The molecule has 2 rings (SSSR count). The molecule has 0 aromatic heterocycles. The first kappa shape index (κ1) is 86.8. The van der Waals surface area contributed by atoms with Crippen LogP contribution in [0.25, 0.3) is 0 Å². The summed E-state index contributed by atoms with van der Waals surface area (Å²) >= 11 is 0. The van der Waals surface area contributed by atoms with Gasteiger partial charge in [-0.3, -0.25) is 52.7 Å². The van der Waals surface area contributed by atoms with E-state index >= 15 is 33.6 Å². The number of Topliss-reactive ketones (excluding diaryl/α,β-unsaturated/α-hetero) is 3. The van der Waals surface area contributed by atoms with Gasteiger partial charge >= 0.3 is 6.09 Å². The minimum atomic E-state index is -1.65. The van der Waals surface area contributed by atoms with E-state index < -0.39 is 167 Å². The molecule has 97 heavy (non-hydrogen) atoms. The summed E-state index contributed by atoms with van der Waals surface area (Å²) in [5, 5.41) is 15.0.